The van der Waals surface area contributed by atoms with Crippen molar-refractivity contribution in [1.82, 2.24) is 5.01 Å². The molecule has 0 aromatic heterocycles. The highest BCUT2D eigenvalue weighted by Crippen LogP contribution is 1.87. The largest absolute Gasteiger partial charge is 0.320 e. The Kier molecular flexibility index (Phi) is 3.19. The van der Waals surface area contributed by atoms with Crippen molar-refractivity contribution < 1.29 is 4.79 Å². The SMILES string of the molecule is CCC(N)C(=O)N(C)N. The van der Waals surface area contributed by atoms with E-state index in [1.54, 1.807) is 0 Å². The van der Waals surface area contributed by atoms with Crippen molar-refractivity contribution in [1.29, 1.82) is 0 Å². The molecule has 0 aliphatic rings. The summed E-state index contributed by atoms with van der Waals surface area (Å²) in [6, 6.07) is -0.444. The second kappa shape index (κ2) is 3.42. The van der Waals surface area contributed by atoms with Gasteiger partial charge in [0.2, 0.25) is 0 Å². The van der Waals surface area contributed by atoms with E-state index in [0.29, 0.717) is 6.42 Å². The average Bonchev–Trinajstić information content (AvgIpc) is 1.84. The van der Waals surface area contributed by atoms with E-state index in [-0.39, 0.29) is 5.91 Å². The van der Waals surface area contributed by atoms with Crippen LogP contribution in [0.15, 0.2) is 0 Å². The van der Waals surface area contributed by atoms with Crippen molar-refractivity contribution in [2.75, 3.05) is 7.05 Å². The Hall–Kier alpha value is -0.610. The third-order valence-corrected chi connectivity index (χ3v) is 1.10. The van der Waals surface area contributed by atoms with Gasteiger partial charge in [-0.05, 0) is 6.42 Å². The Bertz CT molecular complexity index is 102. The van der Waals surface area contributed by atoms with E-state index in [9.17, 15) is 4.79 Å². The minimum absolute atomic E-state index is 0.225. The van der Waals surface area contributed by atoms with E-state index >= 15 is 0 Å². The number of hydrazine groups is 1. The molecule has 0 rings (SSSR count). The van der Waals surface area contributed by atoms with E-state index in [2.05, 4.69) is 0 Å². The van der Waals surface area contributed by atoms with Gasteiger partial charge in [0.1, 0.15) is 0 Å². The standard InChI is InChI=1S/C5H13N3O/c1-3-4(6)5(9)8(2)7/h4H,3,6-7H2,1-2H3. The molecule has 0 fully saturated rings. The number of rotatable bonds is 2. The molecular weight excluding hydrogens is 118 g/mol. The zero-order valence-electron chi connectivity index (χ0n) is 5.79. The fraction of sp³-hybridized carbons (Fsp3) is 0.800. The molecule has 0 heterocycles. The van der Waals surface area contributed by atoms with Crippen LogP contribution >= 0.6 is 0 Å². The lowest BCUT2D eigenvalue weighted by Gasteiger charge is -2.13. The highest BCUT2D eigenvalue weighted by Gasteiger charge is 2.12. The minimum atomic E-state index is -0.444. The molecule has 0 aromatic rings. The van der Waals surface area contributed by atoms with Crippen LogP contribution in [0.2, 0.25) is 0 Å². The van der Waals surface area contributed by atoms with Crippen LogP contribution in [0.3, 0.4) is 0 Å². The van der Waals surface area contributed by atoms with Gasteiger partial charge in [-0.25, -0.2) is 5.84 Å². The zero-order valence-corrected chi connectivity index (χ0v) is 5.79. The van der Waals surface area contributed by atoms with Crippen molar-refractivity contribution in [2.24, 2.45) is 11.6 Å². The molecule has 0 saturated heterocycles. The lowest BCUT2D eigenvalue weighted by molar-refractivity contribution is -0.131. The first kappa shape index (κ1) is 8.39. The van der Waals surface area contributed by atoms with E-state index in [1.807, 2.05) is 6.92 Å². The van der Waals surface area contributed by atoms with Crippen LogP contribution in [-0.2, 0) is 4.79 Å². The Morgan fingerprint density at radius 3 is 2.33 bits per heavy atom. The molecule has 4 nitrogen and oxygen atoms in total. The number of hydrogen-bond acceptors (Lipinski definition) is 3. The summed E-state index contributed by atoms with van der Waals surface area (Å²) in [6.07, 6.45) is 0.625. The Balaban J connectivity index is 3.73. The minimum Gasteiger partial charge on any atom is -0.320 e. The van der Waals surface area contributed by atoms with Crippen molar-refractivity contribution in [3.05, 3.63) is 0 Å². The first-order valence-electron chi connectivity index (χ1n) is 2.87. The predicted octanol–water partition coefficient (Wildman–Crippen LogP) is -0.944. The van der Waals surface area contributed by atoms with Crippen molar-refractivity contribution in [3.8, 4) is 0 Å². The van der Waals surface area contributed by atoms with Gasteiger partial charge in [-0.15, -0.1) is 0 Å². The number of hydrogen-bond donors (Lipinski definition) is 2. The summed E-state index contributed by atoms with van der Waals surface area (Å²) in [5.74, 6) is 4.89. The maximum Gasteiger partial charge on any atom is 0.253 e. The van der Waals surface area contributed by atoms with Crippen molar-refractivity contribution in [2.45, 2.75) is 19.4 Å². The van der Waals surface area contributed by atoms with E-state index in [1.165, 1.54) is 7.05 Å². The molecule has 0 saturated carbocycles. The fourth-order valence-corrected chi connectivity index (χ4v) is 0.436. The van der Waals surface area contributed by atoms with Crippen molar-refractivity contribution >= 4 is 5.91 Å². The third kappa shape index (κ3) is 2.43. The summed E-state index contributed by atoms with van der Waals surface area (Å²) in [7, 11) is 1.48. The van der Waals surface area contributed by atoms with Crippen LogP contribution in [-0.4, -0.2) is 24.0 Å². The molecule has 0 bridgehead atoms. The molecule has 1 amide bonds. The predicted molar refractivity (Wildman–Crippen MR) is 35.2 cm³/mol. The molecule has 0 aliphatic heterocycles. The molecule has 1 unspecified atom stereocenters. The maximum atomic E-state index is 10.7. The van der Waals surface area contributed by atoms with Gasteiger partial charge < -0.3 is 5.73 Å². The zero-order chi connectivity index (χ0) is 7.44. The summed E-state index contributed by atoms with van der Waals surface area (Å²) in [5, 5.41) is 1.01. The molecule has 0 aromatic carbocycles. The van der Waals surface area contributed by atoms with Gasteiger partial charge in [-0.2, -0.15) is 0 Å². The Labute approximate surface area is 54.8 Å². The highest BCUT2D eigenvalue weighted by atomic mass is 16.2. The second-order valence-electron chi connectivity index (χ2n) is 1.96. The molecule has 1 atom stereocenters. The molecule has 9 heavy (non-hydrogen) atoms. The summed E-state index contributed by atoms with van der Waals surface area (Å²) in [4.78, 5) is 10.7. The van der Waals surface area contributed by atoms with E-state index in [4.69, 9.17) is 11.6 Å². The topological polar surface area (TPSA) is 72.4 Å². The van der Waals surface area contributed by atoms with Gasteiger partial charge in [0.15, 0.2) is 0 Å². The Morgan fingerprint density at radius 2 is 2.22 bits per heavy atom. The van der Waals surface area contributed by atoms with Crippen LogP contribution in [0.4, 0.5) is 0 Å². The number of carbonyl (C=O) groups excluding carboxylic acids is 1. The second-order valence-corrected chi connectivity index (χ2v) is 1.96. The van der Waals surface area contributed by atoms with Gasteiger partial charge in [0.25, 0.3) is 5.91 Å². The van der Waals surface area contributed by atoms with Crippen LogP contribution in [0.1, 0.15) is 13.3 Å². The Morgan fingerprint density at radius 1 is 1.78 bits per heavy atom. The quantitative estimate of drug-likeness (QED) is 0.288. The third-order valence-electron chi connectivity index (χ3n) is 1.10. The lowest BCUT2D eigenvalue weighted by Crippen LogP contribution is -2.44. The first-order valence-corrected chi connectivity index (χ1v) is 2.87. The first-order chi connectivity index (χ1) is 4.09. The molecule has 54 valence electrons. The highest BCUT2D eigenvalue weighted by molar-refractivity contribution is 5.80. The number of nitrogens with two attached hydrogens (primary N) is 2. The lowest BCUT2D eigenvalue weighted by atomic mass is 10.2. The monoisotopic (exact) mass is 131 g/mol. The number of amides is 1. The van der Waals surface area contributed by atoms with Crippen LogP contribution in [0.25, 0.3) is 0 Å². The van der Waals surface area contributed by atoms with Gasteiger partial charge in [0, 0.05) is 7.05 Å². The molecule has 4 N–H and O–H groups in total. The van der Waals surface area contributed by atoms with Gasteiger partial charge >= 0.3 is 0 Å². The van der Waals surface area contributed by atoms with Crippen LogP contribution in [0, 0.1) is 0 Å². The van der Waals surface area contributed by atoms with Gasteiger partial charge in [-0.1, -0.05) is 6.92 Å². The van der Waals surface area contributed by atoms with Crippen molar-refractivity contribution in [3.63, 3.8) is 0 Å². The molecule has 0 radical (unpaired) electrons. The normalized spacial score (nSPS) is 12.9. The van der Waals surface area contributed by atoms with Gasteiger partial charge in [0.05, 0.1) is 6.04 Å². The number of nitrogens with zero attached hydrogens (tertiary/aromatic N) is 1. The summed E-state index contributed by atoms with van der Waals surface area (Å²) in [5.41, 5.74) is 5.35. The van der Waals surface area contributed by atoms with E-state index in [0.717, 1.165) is 5.01 Å². The average molecular weight is 131 g/mol. The van der Waals surface area contributed by atoms with Gasteiger partial charge in [-0.3, -0.25) is 9.80 Å². The van der Waals surface area contributed by atoms with Crippen LogP contribution in [0.5, 0.6) is 0 Å². The fourth-order valence-electron chi connectivity index (χ4n) is 0.436. The number of likely N-dealkylation sites (N-methyl/N-ethyl adjacent to an activating group) is 1. The smallest absolute Gasteiger partial charge is 0.253 e. The molecule has 0 spiro atoms. The summed E-state index contributed by atoms with van der Waals surface area (Å²) >= 11 is 0. The summed E-state index contributed by atoms with van der Waals surface area (Å²) < 4.78 is 0. The molecule has 0 aliphatic carbocycles. The van der Waals surface area contributed by atoms with E-state index < -0.39 is 6.04 Å². The number of carbonyl (C=O) groups is 1. The molecule has 4 heteroatoms. The maximum absolute atomic E-state index is 10.7. The van der Waals surface area contributed by atoms with Crippen LogP contribution < -0.4 is 11.6 Å². The molecular formula is C5H13N3O. The summed E-state index contributed by atoms with van der Waals surface area (Å²) in [6.45, 7) is 1.84.